The van der Waals surface area contributed by atoms with E-state index in [2.05, 4.69) is 23.6 Å². The van der Waals surface area contributed by atoms with E-state index in [-0.39, 0.29) is 17.8 Å². The van der Waals surface area contributed by atoms with E-state index in [1.807, 2.05) is 12.1 Å². The number of hydrogen-bond acceptors (Lipinski definition) is 3. The second-order valence-electron chi connectivity index (χ2n) is 6.46. The second-order valence-corrected chi connectivity index (χ2v) is 6.46. The van der Waals surface area contributed by atoms with Crippen LogP contribution >= 0.6 is 0 Å². The van der Waals surface area contributed by atoms with Gasteiger partial charge < -0.3 is 10.0 Å². The van der Waals surface area contributed by atoms with Gasteiger partial charge in [0.2, 0.25) is 0 Å². The van der Waals surface area contributed by atoms with Gasteiger partial charge in [-0.05, 0) is 30.7 Å². The average Bonchev–Trinajstić information content (AvgIpc) is 2.49. The Morgan fingerprint density at radius 2 is 1.76 bits per heavy atom. The molecule has 0 spiro atoms. The van der Waals surface area contributed by atoms with Crippen LogP contribution in [0.2, 0.25) is 0 Å². The van der Waals surface area contributed by atoms with Crippen LogP contribution in [0, 0.1) is 11.2 Å². The molecule has 1 aromatic carbocycles. The van der Waals surface area contributed by atoms with Crippen molar-refractivity contribution in [3.8, 4) is 0 Å². The minimum absolute atomic E-state index is 0.00674. The van der Waals surface area contributed by atoms with Crippen molar-refractivity contribution < 1.29 is 9.50 Å². The fourth-order valence-corrected chi connectivity index (χ4v) is 3.17. The van der Waals surface area contributed by atoms with Gasteiger partial charge in [0.05, 0.1) is 0 Å². The first-order chi connectivity index (χ1) is 10.1. The molecule has 1 aromatic rings. The second kappa shape index (κ2) is 7.23. The molecule has 118 valence electrons. The molecule has 0 saturated carbocycles. The number of hydrogen-bond donors (Lipinski definition) is 1. The maximum absolute atomic E-state index is 13.0. The topological polar surface area (TPSA) is 26.7 Å². The third-order valence-corrected chi connectivity index (χ3v) is 4.40. The molecule has 1 fully saturated rings. The highest BCUT2D eigenvalue weighted by atomic mass is 19.1. The highest BCUT2D eigenvalue weighted by Gasteiger charge is 2.27. The lowest BCUT2D eigenvalue weighted by Crippen LogP contribution is -2.50. The Morgan fingerprint density at radius 1 is 1.14 bits per heavy atom. The van der Waals surface area contributed by atoms with Crippen LogP contribution in [0.5, 0.6) is 0 Å². The van der Waals surface area contributed by atoms with Gasteiger partial charge in [-0.2, -0.15) is 0 Å². The number of aliphatic hydroxyl groups is 1. The predicted octanol–water partition coefficient (Wildman–Crippen LogP) is 2.75. The fourth-order valence-electron chi connectivity index (χ4n) is 3.17. The van der Waals surface area contributed by atoms with Crippen molar-refractivity contribution in [3.05, 3.63) is 30.1 Å². The van der Waals surface area contributed by atoms with E-state index in [0.717, 1.165) is 51.3 Å². The normalized spacial score (nSPS) is 19.5. The Bertz CT molecular complexity index is 429. The third kappa shape index (κ3) is 4.42. The third-order valence-electron chi connectivity index (χ3n) is 4.40. The van der Waals surface area contributed by atoms with Crippen LogP contribution in [-0.4, -0.2) is 49.3 Å². The standard InChI is InChI=1S/C17H27FN2O/c1-3-8-17(2,14-21)13-19-9-11-20(12-10-19)16-6-4-15(18)5-7-16/h4-7,21H,3,8-14H2,1-2H3. The zero-order valence-electron chi connectivity index (χ0n) is 13.2. The highest BCUT2D eigenvalue weighted by molar-refractivity contribution is 5.46. The molecule has 1 atom stereocenters. The zero-order chi connectivity index (χ0) is 15.3. The molecule has 2 rings (SSSR count). The first-order valence-electron chi connectivity index (χ1n) is 7.90. The van der Waals surface area contributed by atoms with Crippen molar-refractivity contribution in [2.75, 3.05) is 44.2 Å². The van der Waals surface area contributed by atoms with Crippen LogP contribution in [-0.2, 0) is 0 Å². The Kier molecular flexibility index (Phi) is 5.59. The van der Waals surface area contributed by atoms with E-state index < -0.39 is 0 Å². The summed E-state index contributed by atoms with van der Waals surface area (Å²) in [5.74, 6) is -0.185. The van der Waals surface area contributed by atoms with Crippen LogP contribution in [0.3, 0.4) is 0 Å². The predicted molar refractivity (Wildman–Crippen MR) is 85.2 cm³/mol. The van der Waals surface area contributed by atoms with Crippen LogP contribution < -0.4 is 4.90 Å². The number of anilines is 1. The van der Waals surface area contributed by atoms with Crippen LogP contribution in [0.4, 0.5) is 10.1 Å². The molecule has 21 heavy (non-hydrogen) atoms. The quantitative estimate of drug-likeness (QED) is 0.874. The minimum atomic E-state index is -0.185. The summed E-state index contributed by atoms with van der Waals surface area (Å²) in [4.78, 5) is 4.73. The van der Waals surface area contributed by atoms with E-state index >= 15 is 0 Å². The van der Waals surface area contributed by atoms with Crippen molar-refractivity contribution in [1.29, 1.82) is 0 Å². The monoisotopic (exact) mass is 294 g/mol. The molecule has 0 bridgehead atoms. The molecular weight excluding hydrogens is 267 g/mol. The molecular formula is C17H27FN2O. The molecule has 1 aliphatic heterocycles. The summed E-state index contributed by atoms with van der Waals surface area (Å²) in [6.45, 7) is 9.45. The number of piperazine rings is 1. The maximum atomic E-state index is 13.0. The summed E-state index contributed by atoms with van der Waals surface area (Å²) >= 11 is 0. The molecule has 0 aliphatic carbocycles. The molecule has 1 saturated heterocycles. The van der Waals surface area contributed by atoms with Crippen molar-refractivity contribution in [2.45, 2.75) is 26.7 Å². The largest absolute Gasteiger partial charge is 0.396 e. The van der Waals surface area contributed by atoms with Crippen molar-refractivity contribution in [1.82, 2.24) is 4.90 Å². The smallest absolute Gasteiger partial charge is 0.123 e. The van der Waals surface area contributed by atoms with E-state index in [9.17, 15) is 9.50 Å². The van der Waals surface area contributed by atoms with Gasteiger partial charge in [0, 0.05) is 50.4 Å². The van der Waals surface area contributed by atoms with E-state index in [1.54, 1.807) is 0 Å². The lowest BCUT2D eigenvalue weighted by molar-refractivity contribution is 0.0771. The van der Waals surface area contributed by atoms with Gasteiger partial charge in [-0.3, -0.25) is 4.90 Å². The Morgan fingerprint density at radius 3 is 2.29 bits per heavy atom. The van der Waals surface area contributed by atoms with Gasteiger partial charge in [0.25, 0.3) is 0 Å². The molecule has 3 nitrogen and oxygen atoms in total. The highest BCUT2D eigenvalue weighted by Crippen LogP contribution is 2.25. The number of halogens is 1. The number of benzene rings is 1. The van der Waals surface area contributed by atoms with Gasteiger partial charge in [0.15, 0.2) is 0 Å². The summed E-state index contributed by atoms with van der Waals surface area (Å²) in [6.07, 6.45) is 2.16. The van der Waals surface area contributed by atoms with Crippen molar-refractivity contribution in [2.24, 2.45) is 5.41 Å². The Hall–Kier alpha value is -1.13. The molecule has 1 heterocycles. The van der Waals surface area contributed by atoms with Crippen molar-refractivity contribution in [3.63, 3.8) is 0 Å². The van der Waals surface area contributed by atoms with Crippen LogP contribution in [0.15, 0.2) is 24.3 Å². The van der Waals surface area contributed by atoms with Crippen LogP contribution in [0.1, 0.15) is 26.7 Å². The van der Waals surface area contributed by atoms with Crippen LogP contribution in [0.25, 0.3) is 0 Å². The lowest BCUT2D eigenvalue weighted by Gasteiger charge is -2.40. The number of aliphatic hydroxyl groups excluding tert-OH is 1. The van der Waals surface area contributed by atoms with Gasteiger partial charge in [-0.1, -0.05) is 20.3 Å². The lowest BCUT2D eigenvalue weighted by atomic mass is 9.86. The minimum Gasteiger partial charge on any atom is -0.396 e. The first-order valence-corrected chi connectivity index (χ1v) is 7.90. The molecule has 0 radical (unpaired) electrons. The fraction of sp³-hybridized carbons (Fsp3) is 0.647. The molecule has 1 unspecified atom stereocenters. The van der Waals surface area contributed by atoms with Gasteiger partial charge in [0.1, 0.15) is 5.82 Å². The van der Waals surface area contributed by atoms with E-state index in [1.165, 1.54) is 12.1 Å². The van der Waals surface area contributed by atoms with E-state index in [4.69, 9.17) is 0 Å². The summed E-state index contributed by atoms with van der Waals surface area (Å²) in [5, 5.41) is 9.63. The average molecular weight is 294 g/mol. The summed E-state index contributed by atoms with van der Waals surface area (Å²) in [5.41, 5.74) is 1.10. The molecule has 1 N–H and O–H groups in total. The summed E-state index contributed by atoms with van der Waals surface area (Å²) in [7, 11) is 0. The van der Waals surface area contributed by atoms with Crippen molar-refractivity contribution >= 4 is 5.69 Å². The Balaban J connectivity index is 1.87. The van der Waals surface area contributed by atoms with E-state index in [0.29, 0.717) is 0 Å². The molecule has 1 aliphatic rings. The zero-order valence-corrected chi connectivity index (χ0v) is 13.2. The number of nitrogens with zero attached hydrogens (tertiary/aromatic N) is 2. The SMILES string of the molecule is CCCC(C)(CO)CN1CCN(c2ccc(F)cc2)CC1. The number of rotatable bonds is 6. The molecule has 0 amide bonds. The van der Waals surface area contributed by atoms with Gasteiger partial charge in [-0.15, -0.1) is 0 Å². The summed E-state index contributed by atoms with van der Waals surface area (Å²) < 4.78 is 13.0. The molecule has 4 heteroatoms. The summed E-state index contributed by atoms with van der Waals surface area (Å²) in [6, 6.07) is 6.73. The first kappa shape index (κ1) is 16.2. The van der Waals surface area contributed by atoms with Gasteiger partial charge >= 0.3 is 0 Å². The Labute approximate surface area is 127 Å². The molecule has 0 aromatic heterocycles. The van der Waals surface area contributed by atoms with Gasteiger partial charge in [-0.25, -0.2) is 4.39 Å². The maximum Gasteiger partial charge on any atom is 0.123 e.